The third-order valence-electron chi connectivity index (χ3n) is 2.66. The number of hydrogen-bond donors (Lipinski definition) is 1. The third kappa shape index (κ3) is 4.13. The van der Waals surface area contributed by atoms with Gasteiger partial charge in [-0.1, -0.05) is 29.9 Å². The standard InChI is InChI=1S/C12H17ClN2O3S2/c1-3-18-7-6-15(2)20(16,17)11-5-4-9(12(14)19)8-10(11)13/h4-5,8H,3,6-7H2,1-2H3,(H2,14,19). The highest BCUT2D eigenvalue weighted by Gasteiger charge is 2.23. The minimum Gasteiger partial charge on any atom is -0.389 e. The molecule has 0 aliphatic carbocycles. The van der Waals surface area contributed by atoms with Gasteiger partial charge in [0.25, 0.3) is 0 Å². The average Bonchev–Trinajstić information content (AvgIpc) is 2.38. The number of nitrogens with zero attached hydrogens (tertiary/aromatic N) is 1. The fourth-order valence-electron chi connectivity index (χ4n) is 1.49. The smallest absolute Gasteiger partial charge is 0.244 e. The van der Waals surface area contributed by atoms with Crippen LogP contribution >= 0.6 is 23.8 Å². The molecule has 20 heavy (non-hydrogen) atoms. The third-order valence-corrected chi connectivity index (χ3v) is 5.23. The van der Waals surface area contributed by atoms with Crippen LogP contribution in [-0.4, -0.2) is 44.5 Å². The Labute approximate surface area is 129 Å². The molecule has 1 aromatic carbocycles. The number of benzene rings is 1. The first kappa shape index (κ1) is 17.3. The van der Waals surface area contributed by atoms with E-state index in [4.69, 9.17) is 34.3 Å². The molecule has 0 atom stereocenters. The van der Waals surface area contributed by atoms with Crippen LogP contribution < -0.4 is 5.73 Å². The van der Waals surface area contributed by atoms with E-state index in [-0.39, 0.29) is 21.5 Å². The van der Waals surface area contributed by atoms with Crippen LogP contribution in [0, 0.1) is 0 Å². The molecule has 0 radical (unpaired) electrons. The molecule has 0 aromatic heterocycles. The zero-order chi connectivity index (χ0) is 15.3. The molecule has 1 aromatic rings. The Hall–Kier alpha value is -0.730. The molecule has 0 fully saturated rings. The van der Waals surface area contributed by atoms with Gasteiger partial charge < -0.3 is 10.5 Å². The van der Waals surface area contributed by atoms with Crippen molar-refractivity contribution in [3.63, 3.8) is 0 Å². The largest absolute Gasteiger partial charge is 0.389 e. The second kappa shape index (κ2) is 7.33. The predicted octanol–water partition coefficient (Wildman–Crippen LogP) is 1.63. The SMILES string of the molecule is CCOCCN(C)S(=O)(=O)c1ccc(C(N)=S)cc1Cl. The van der Waals surface area contributed by atoms with E-state index in [0.29, 0.717) is 18.8 Å². The molecular formula is C12H17ClN2O3S2. The number of ether oxygens (including phenoxy) is 1. The van der Waals surface area contributed by atoms with E-state index < -0.39 is 10.0 Å². The summed E-state index contributed by atoms with van der Waals surface area (Å²) in [7, 11) is -2.18. The highest BCUT2D eigenvalue weighted by atomic mass is 35.5. The molecule has 0 bridgehead atoms. The highest BCUT2D eigenvalue weighted by molar-refractivity contribution is 7.89. The number of hydrogen-bond acceptors (Lipinski definition) is 4. The zero-order valence-corrected chi connectivity index (χ0v) is 13.7. The highest BCUT2D eigenvalue weighted by Crippen LogP contribution is 2.25. The van der Waals surface area contributed by atoms with E-state index in [1.165, 1.54) is 29.6 Å². The summed E-state index contributed by atoms with van der Waals surface area (Å²) in [5.41, 5.74) is 6.01. The summed E-state index contributed by atoms with van der Waals surface area (Å²) in [4.78, 5) is 0.193. The van der Waals surface area contributed by atoms with Gasteiger partial charge in [-0.05, 0) is 19.1 Å². The summed E-state index contributed by atoms with van der Waals surface area (Å²) >= 11 is 10.8. The van der Waals surface area contributed by atoms with Gasteiger partial charge in [0, 0.05) is 25.8 Å². The van der Waals surface area contributed by atoms with Gasteiger partial charge in [-0.2, -0.15) is 4.31 Å². The molecule has 0 aliphatic heterocycles. The quantitative estimate of drug-likeness (QED) is 0.605. The van der Waals surface area contributed by atoms with E-state index >= 15 is 0 Å². The summed E-state index contributed by atoms with van der Waals surface area (Å²) in [5, 5.41) is 0.0959. The summed E-state index contributed by atoms with van der Waals surface area (Å²) in [6, 6.07) is 4.40. The Balaban J connectivity index is 3.00. The zero-order valence-electron chi connectivity index (χ0n) is 11.3. The number of halogens is 1. The Kier molecular flexibility index (Phi) is 6.35. The maximum absolute atomic E-state index is 12.4. The first-order chi connectivity index (χ1) is 9.30. The van der Waals surface area contributed by atoms with Crippen LogP contribution in [0.25, 0.3) is 0 Å². The molecule has 1 rings (SSSR count). The van der Waals surface area contributed by atoms with E-state index in [9.17, 15) is 8.42 Å². The minimum absolute atomic E-state index is 0.0261. The Bertz CT molecular complexity index is 590. The summed E-state index contributed by atoms with van der Waals surface area (Å²) in [5.74, 6) is 0. The summed E-state index contributed by atoms with van der Waals surface area (Å²) in [6.07, 6.45) is 0. The van der Waals surface area contributed by atoms with Crippen molar-refractivity contribution < 1.29 is 13.2 Å². The lowest BCUT2D eigenvalue weighted by Crippen LogP contribution is -2.30. The van der Waals surface area contributed by atoms with Crippen LogP contribution in [0.15, 0.2) is 23.1 Å². The monoisotopic (exact) mass is 336 g/mol. The van der Waals surface area contributed by atoms with Crippen LogP contribution in [0.3, 0.4) is 0 Å². The van der Waals surface area contributed by atoms with Crippen molar-refractivity contribution in [3.05, 3.63) is 28.8 Å². The van der Waals surface area contributed by atoms with Crippen molar-refractivity contribution in [2.75, 3.05) is 26.8 Å². The van der Waals surface area contributed by atoms with Crippen LogP contribution in [0.1, 0.15) is 12.5 Å². The van der Waals surface area contributed by atoms with Gasteiger partial charge >= 0.3 is 0 Å². The van der Waals surface area contributed by atoms with Gasteiger partial charge in [0.1, 0.15) is 9.88 Å². The molecule has 5 nitrogen and oxygen atoms in total. The van der Waals surface area contributed by atoms with Crippen LogP contribution in [0.5, 0.6) is 0 Å². The molecule has 112 valence electrons. The second-order valence-corrected chi connectivity index (χ2v) is 6.89. The maximum atomic E-state index is 12.4. The normalized spacial score (nSPS) is 11.8. The Morgan fingerprint density at radius 2 is 2.15 bits per heavy atom. The molecule has 2 N–H and O–H groups in total. The fraction of sp³-hybridized carbons (Fsp3) is 0.417. The topological polar surface area (TPSA) is 72.6 Å². The second-order valence-electron chi connectivity index (χ2n) is 4.03. The van der Waals surface area contributed by atoms with Gasteiger partial charge in [-0.3, -0.25) is 0 Å². The Morgan fingerprint density at radius 1 is 1.50 bits per heavy atom. The molecule has 0 amide bonds. The van der Waals surface area contributed by atoms with E-state index in [0.717, 1.165) is 0 Å². The lowest BCUT2D eigenvalue weighted by Gasteiger charge is -2.18. The number of sulfonamides is 1. The van der Waals surface area contributed by atoms with Gasteiger partial charge in [0.15, 0.2) is 0 Å². The lowest BCUT2D eigenvalue weighted by molar-refractivity contribution is 0.138. The number of rotatable bonds is 7. The predicted molar refractivity (Wildman–Crippen MR) is 83.6 cm³/mol. The van der Waals surface area contributed by atoms with Crippen molar-refractivity contribution in [2.45, 2.75) is 11.8 Å². The van der Waals surface area contributed by atoms with Gasteiger partial charge in [0.2, 0.25) is 10.0 Å². The molecule has 0 aliphatic rings. The van der Waals surface area contributed by atoms with Crippen LogP contribution in [0.2, 0.25) is 5.02 Å². The first-order valence-corrected chi connectivity index (χ1v) is 8.16. The lowest BCUT2D eigenvalue weighted by atomic mass is 10.2. The number of likely N-dealkylation sites (N-methyl/N-ethyl adjacent to an activating group) is 1. The number of thiocarbonyl (C=S) groups is 1. The van der Waals surface area contributed by atoms with Crippen LogP contribution in [0.4, 0.5) is 0 Å². The van der Waals surface area contributed by atoms with Crippen molar-refractivity contribution >= 4 is 38.8 Å². The molecule has 8 heteroatoms. The minimum atomic E-state index is -3.66. The van der Waals surface area contributed by atoms with Gasteiger partial charge in [-0.15, -0.1) is 0 Å². The number of nitrogens with two attached hydrogens (primary N) is 1. The van der Waals surface area contributed by atoms with Crippen molar-refractivity contribution in [2.24, 2.45) is 5.73 Å². The average molecular weight is 337 g/mol. The molecular weight excluding hydrogens is 320 g/mol. The maximum Gasteiger partial charge on any atom is 0.244 e. The van der Waals surface area contributed by atoms with E-state index in [2.05, 4.69) is 0 Å². The van der Waals surface area contributed by atoms with E-state index in [1.807, 2.05) is 6.92 Å². The van der Waals surface area contributed by atoms with Crippen molar-refractivity contribution in [1.29, 1.82) is 0 Å². The van der Waals surface area contributed by atoms with E-state index in [1.54, 1.807) is 0 Å². The summed E-state index contributed by atoms with van der Waals surface area (Å²) < 4.78 is 31.0. The van der Waals surface area contributed by atoms with Crippen molar-refractivity contribution in [1.82, 2.24) is 4.31 Å². The summed E-state index contributed by atoms with van der Waals surface area (Å²) in [6.45, 7) is 2.97. The molecule has 0 saturated heterocycles. The molecule has 0 saturated carbocycles. The fourth-order valence-corrected chi connectivity index (χ4v) is 3.28. The van der Waals surface area contributed by atoms with Crippen LogP contribution in [-0.2, 0) is 14.8 Å². The first-order valence-electron chi connectivity index (χ1n) is 5.94. The van der Waals surface area contributed by atoms with Crippen molar-refractivity contribution in [3.8, 4) is 0 Å². The van der Waals surface area contributed by atoms with Gasteiger partial charge in [-0.25, -0.2) is 8.42 Å². The molecule has 0 spiro atoms. The Morgan fingerprint density at radius 3 is 2.65 bits per heavy atom. The molecule has 0 heterocycles. The van der Waals surface area contributed by atoms with Gasteiger partial charge in [0.05, 0.1) is 11.6 Å². The molecule has 0 unspecified atom stereocenters.